The number of rotatable bonds is 2. The Balaban J connectivity index is 1.58. The molecule has 0 aliphatic carbocycles. The first-order valence-electron chi connectivity index (χ1n) is 9.23. The second-order valence-electron chi connectivity index (χ2n) is 7.34. The molecule has 0 amide bonds. The fourth-order valence-corrected chi connectivity index (χ4v) is 4.29. The van der Waals surface area contributed by atoms with Crippen LogP contribution < -0.4 is 4.90 Å². The third kappa shape index (κ3) is 2.64. The van der Waals surface area contributed by atoms with Crippen LogP contribution in [0.5, 0.6) is 0 Å². The van der Waals surface area contributed by atoms with Crippen molar-refractivity contribution < 1.29 is 20.1 Å². The van der Waals surface area contributed by atoms with E-state index in [2.05, 4.69) is 23.2 Å². The van der Waals surface area contributed by atoms with Crippen LogP contribution in [0, 0.1) is 0 Å². The monoisotopic (exact) mass is 366 g/mol. The van der Waals surface area contributed by atoms with Crippen molar-refractivity contribution in [3.05, 3.63) is 65.9 Å². The Morgan fingerprint density at radius 1 is 0.963 bits per heavy atom. The summed E-state index contributed by atoms with van der Waals surface area (Å²) in [5.74, 6) is 0. The summed E-state index contributed by atoms with van der Waals surface area (Å²) < 4.78 is 5.79. The summed E-state index contributed by atoms with van der Waals surface area (Å²) in [6, 6.07) is 18.2. The van der Waals surface area contributed by atoms with Crippen LogP contribution >= 0.6 is 0 Å². The summed E-state index contributed by atoms with van der Waals surface area (Å²) in [6.45, 7) is -0.0129. The number of nitrogens with zero attached hydrogens (tertiary/aromatic N) is 1. The molecule has 1 saturated heterocycles. The normalized spacial score (nSPS) is 30.6. The van der Waals surface area contributed by atoms with Crippen LogP contribution in [0.1, 0.15) is 17.3 Å². The average Bonchev–Trinajstić information content (AvgIpc) is 3.28. The second kappa shape index (κ2) is 6.35. The van der Waals surface area contributed by atoms with Crippen LogP contribution in [-0.4, -0.2) is 51.5 Å². The first-order valence-corrected chi connectivity index (χ1v) is 9.23. The van der Waals surface area contributed by atoms with Gasteiger partial charge < -0.3 is 29.9 Å². The van der Waals surface area contributed by atoms with Gasteiger partial charge in [-0.2, -0.15) is 0 Å². The number of aliphatic hydroxyl groups excluding tert-OH is 3. The van der Waals surface area contributed by atoms with Crippen molar-refractivity contribution in [3.63, 3.8) is 0 Å². The van der Waals surface area contributed by atoms with Gasteiger partial charge in [-0.3, -0.25) is 0 Å². The predicted molar refractivity (Wildman–Crippen MR) is 101 cm³/mol. The van der Waals surface area contributed by atoms with E-state index in [9.17, 15) is 15.3 Å². The quantitative estimate of drug-likeness (QED) is 0.555. The zero-order valence-corrected chi connectivity index (χ0v) is 14.7. The summed E-state index contributed by atoms with van der Waals surface area (Å²) >= 11 is 0. The number of benzene rings is 2. The fourth-order valence-electron chi connectivity index (χ4n) is 4.29. The molecular weight excluding hydrogens is 344 g/mol. The number of ether oxygens (including phenoxy) is 1. The van der Waals surface area contributed by atoms with E-state index in [4.69, 9.17) is 4.74 Å². The molecule has 0 radical (unpaired) electrons. The van der Waals surface area contributed by atoms with Crippen molar-refractivity contribution in [3.8, 4) is 0 Å². The number of hydrogen-bond donors (Lipinski definition) is 4. The van der Waals surface area contributed by atoms with Crippen molar-refractivity contribution in [2.75, 3.05) is 11.5 Å². The SMILES string of the molecule is O[C@H]1[C@H](O)COC(N2c3ccccc3CC2c2cc3ccccc3[nH]2)[C@@H]1O. The number of aromatic amines is 1. The van der Waals surface area contributed by atoms with Crippen molar-refractivity contribution in [1.82, 2.24) is 4.98 Å². The third-order valence-corrected chi connectivity index (χ3v) is 5.68. The minimum Gasteiger partial charge on any atom is -0.388 e. The molecule has 3 aromatic rings. The van der Waals surface area contributed by atoms with Gasteiger partial charge in [-0.15, -0.1) is 0 Å². The molecule has 4 N–H and O–H groups in total. The number of para-hydroxylation sites is 2. The second-order valence-corrected chi connectivity index (χ2v) is 7.34. The van der Waals surface area contributed by atoms with E-state index in [0.29, 0.717) is 0 Å². The topological polar surface area (TPSA) is 89.0 Å². The molecule has 0 spiro atoms. The summed E-state index contributed by atoms with van der Waals surface area (Å²) in [5.41, 5.74) is 4.24. The predicted octanol–water partition coefficient (Wildman–Crippen LogP) is 1.71. The lowest BCUT2D eigenvalue weighted by molar-refractivity contribution is -0.187. The van der Waals surface area contributed by atoms with Crippen LogP contribution in [0.3, 0.4) is 0 Å². The molecule has 2 aliphatic rings. The number of fused-ring (bicyclic) bond motifs is 2. The van der Waals surface area contributed by atoms with Crippen LogP contribution in [0.25, 0.3) is 10.9 Å². The highest BCUT2D eigenvalue weighted by Crippen LogP contribution is 2.43. The molecule has 5 atom stereocenters. The lowest BCUT2D eigenvalue weighted by atomic mass is 10.0. The zero-order chi connectivity index (χ0) is 18.5. The molecule has 2 aromatic carbocycles. The van der Waals surface area contributed by atoms with Gasteiger partial charge in [0.1, 0.15) is 18.3 Å². The Labute approximate surface area is 156 Å². The minimum atomic E-state index is -1.24. The summed E-state index contributed by atoms with van der Waals surface area (Å²) in [4.78, 5) is 5.51. The highest BCUT2D eigenvalue weighted by atomic mass is 16.5. The van der Waals surface area contributed by atoms with Crippen LogP contribution in [-0.2, 0) is 11.2 Å². The van der Waals surface area contributed by atoms with E-state index >= 15 is 0 Å². The molecule has 6 heteroatoms. The van der Waals surface area contributed by atoms with Crippen molar-refractivity contribution in [2.45, 2.75) is 37.0 Å². The first kappa shape index (κ1) is 16.8. The Hall–Kier alpha value is -2.38. The van der Waals surface area contributed by atoms with Crippen LogP contribution in [0.2, 0.25) is 0 Å². The molecule has 2 unspecified atom stereocenters. The van der Waals surface area contributed by atoms with Gasteiger partial charge in [-0.25, -0.2) is 0 Å². The van der Waals surface area contributed by atoms with Gasteiger partial charge in [-0.05, 0) is 29.1 Å². The summed E-state index contributed by atoms with van der Waals surface area (Å²) in [6.07, 6.45) is -3.48. The molecule has 6 nitrogen and oxygen atoms in total. The van der Waals surface area contributed by atoms with E-state index in [1.165, 1.54) is 0 Å². The molecule has 1 fully saturated rings. The Kier molecular flexibility index (Phi) is 3.94. The number of aromatic nitrogens is 1. The molecule has 2 aliphatic heterocycles. The molecule has 0 bridgehead atoms. The van der Waals surface area contributed by atoms with Gasteiger partial charge in [-0.1, -0.05) is 36.4 Å². The smallest absolute Gasteiger partial charge is 0.159 e. The highest BCUT2D eigenvalue weighted by Gasteiger charge is 2.45. The number of nitrogens with one attached hydrogen (secondary N) is 1. The van der Waals surface area contributed by atoms with Gasteiger partial charge in [0.25, 0.3) is 0 Å². The van der Waals surface area contributed by atoms with Crippen molar-refractivity contribution >= 4 is 16.6 Å². The maximum Gasteiger partial charge on any atom is 0.159 e. The Morgan fingerprint density at radius 2 is 1.74 bits per heavy atom. The number of aliphatic hydroxyl groups is 3. The van der Waals surface area contributed by atoms with Gasteiger partial charge >= 0.3 is 0 Å². The van der Waals surface area contributed by atoms with Gasteiger partial charge in [0, 0.05) is 23.3 Å². The lowest BCUT2D eigenvalue weighted by Crippen LogP contribution is -2.59. The van der Waals surface area contributed by atoms with Crippen LogP contribution in [0.4, 0.5) is 5.69 Å². The van der Waals surface area contributed by atoms with Crippen molar-refractivity contribution in [2.24, 2.45) is 0 Å². The van der Waals surface area contributed by atoms with Crippen molar-refractivity contribution in [1.29, 1.82) is 0 Å². The lowest BCUT2D eigenvalue weighted by Gasteiger charge is -2.43. The number of anilines is 1. The fraction of sp³-hybridized carbons (Fsp3) is 0.333. The molecule has 3 heterocycles. The van der Waals surface area contributed by atoms with E-state index in [1.54, 1.807) is 0 Å². The molecule has 1 aromatic heterocycles. The number of hydrogen-bond acceptors (Lipinski definition) is 5. The van der Waals surface area contributed by atoms with Gasteiger partial charge in [0.15, 0.2) is 6.23 Å². The van der Waals surface area contributed by atoms with E-state index < -0.39 is 24.5 Å². The van der Waals surface area contributed by atoms with Gasteiger partial charge in [0.05, 0.1) is 12.6 Å². The number of H-pyrrole nitrogens is 1. The van der Waals surface area contributed by atoms with E-state index in [0.717, 1.165) is 34.3 Å². The average molecular weight is 366 g/mol. The standard InChI is InChI=1S/C21H22N2O4/c24-18-11-27-21(20(26)19(18)25)23-16-8-4-2-6-13(16)10-17(23)15-9-12-5-1-3-7-14(12)22-15/h1-9,17-22,24-26H,10-11H2/t17?,18-,19+,20-,21?/m1/s1. The first-order chi connectivity index (χ1) is 13.1. The maximum absolute atomic E-state index is 10.6. The molecule has 0 saturated carbocycles. The van der Waals surface area contributed by atoms with Crippen LogP contribution in [0.15, 0.2) is 54.6 Å². The van der Waals surface area contributed by atoms with E-state index in [-0.39, 0.29) is 12.6 Å². The Morgan fingerprint density at radius 3 is 2.59 bits per heavy atom. The summed E-state index contributed by atoms with van der Waals surface area (Å²) in [7, 11) is 0. The molecule has 5 rings (SSSR count). The summed E-state index contributed by atoms with van der Waals surface area (Å²) in [5, 5.41) is 31.7. The van der Waals surface area contributed by atoms with Gasteiger partial charge in [0.2, 0.25) is 0 Å². The largest absolute Gasteiger partial charge is 0.388 e. The Bertz CT molecular complexity index is 938. The molecule has 27 heavy (non-hydrogen) atoms. The molecular formula is C21H22N2O4. The third-order valence-electron chi connectivity index (χ3n) is 5.68. The van der Waals surface area contributed by atoms with E-state index in [1.807, 2.05) is 41.3 Å². The highest BCUT2D eigenvalue weighted by molar-refractivity contribution is 5.81. The zero-order valence-electron chi connectivity index (χ0n) is 14.7. The maximum atomic E-state index is 10.6. The minimum absolute atomic E-state index is 0.0129. The molecule has 140 valence electrons.